The van der Waals surface area contributed by atoms with Crippen LogP contribution in [-0.2, 0) is 0 Å². The summed E-state index contributed by atoms with van der Waals surface area (Å²) in [5.74, 6) is 0. The molecule has 1 unspecified atom stereocenters. The van der Waals surface area contributed by atoms with E-state index in [4.69, 9.17) is 0 Å². The first-order valence-electron chi connectivity index (χ1n) is 6.13. The summed E-state index contributed by atoms with van der Waals surface area (Å²) in [6, 6.07) is 15.4. The van der Waals surface area contributed by atoms with Crippen LogP contribution in [0, 0.1) is 0 Å². The second kappa shape index (κ2) is 5.64. The minimum absolute atomic E-state index is 0.689. The van der Waals surface area contributed by atoms with E-state index in [0.717, 1.165) is 31.0 Å². The number of rotatable bonds is 2. The zero-order valence-corrected chi connectivity index (χ0v) is 13.6. The molecule has 0 spiro atoms. The molecular weight excluding hydrogens is 382 g/mol. The van der Waals surface area contributed by atoms with Gasteiger partial charge in [0.2, 0.25) is 0 Å². The van der Waals surface area contributed by atoms with E-state index in [-0.39, 0.29) is 0 Å². The highest BCUT2D eigenvalue weighted by atomic mass is 79.9. The number of aliphatic hydroxyl groups excluding tert-OH is 1. The highest BCUT2D eigenvalue weighted by Crippen LogP contribution is 2.33. The van der Waals surface area contributed by atoms with Crippen LogP contribution < -0.4 is 0 Å². The molecule has 3 aromatic rings. The smallest absolute Gasteiger partial charge is 0.106 e. The summed E-state index contributed by atoms with van der Waals surface area (Å²) < 4.78 is 1.85. The standard InChI is InChI=1S/C16H11Br2NO/c17-10-6-7-13(14(18)9-10)16(20)12-3-1-5-15-11(12)4-2-8-19-15/h1-9,16,20H. The Bertz CT molecular complexity index is 768. The minimum Gasteiger partial charge on any atom is -0.384 e. The van der Waals surface area contributed by atoms with E-state index in [1.807, 2.05) is 48.5 Å². The van der Waals surface area contributed by atoms with Gasteiger partial charge in [-0.25, -0.2) is 0 Å². The Labute approximate surface area is 133 Å². The molecule has 0 saturated heterocycles. The first-order chi connectivity index (χ1) is 9.66. The van der Waals surface area contributed by atoms with Crippen LogP contribution in [0.25, 0.3) is 10.9 Å². The highest BCUT2D eigenvalue weighted by molar-refractivity contribution is 9.11. The van der Waals surface area contributed by atoms with E-state index in [0.29, 0.717) is 0 Å². The summed E-state index contributed by atoms with van der Waals surface area (Å²) in [4.78, 5) is 4.32. The van der Waals surface area contributed by atoms with E-state index in [1.54, 1.807) is 6.20 Å². The third-order valence-corrected chi connectivity index (χ3v) is 4.41. The van der Waals surface area contributed by atoms with Crippen LogP contribution in [0.5, 0.6) is 0 Å². The van der Waals surface area contributed by atoms with Crippen molar-refractivity contribution in [2.75, 3.05) is 0 Å². The molecule has 0 saturated carbocycles. The minimum atomic E-state index is -0.689. The molecule has 20 heavy (non-hydrogen) atoms. The SMILES string of the molecule is OC(c1ccc(Br)cc1Br)c1cccc2ncccc12. The van der Waals surface area contributed by atoms with Crippen LogP contribution in [-0.4, -0.2) is 10.1 Å². The lowest BCUT2D eigenvalue weighted by Crippen LogP contribution is -2.02. The molecule has 1 N–H and O–H groups in total. The second-order valence-electron chi connectivity index (χ2n) is 4.49. The summed E-state index contributed by atoms with van der Waals surface area (Å²) >= 11 is 6.92. The van der Waals surface area contributed by atoms with Crippen LogP contribution >= 0.6 is 31.9 Å². The highest BCUT2D eigenvalue weighted by Gasteiger charge is 2.16. The first kappa shape index (κ1) is 13.7. The van der Waals surface area contributed by atoms with Crippen LogP contribution in [0.2, 0.25) is 0 Å². The van der Waals surface area contributed by atoms with Crippen molar-refractivity contribution in [3.05, 3.63) is 74.8 Å². The van der Waals surface area contributed by atoms with E-state index in [9.17, 15) is 5.11 Å². The normalized spacial score (nSPS) is 12.6. The number of hydrogen-bond acceptors (Lipinski definition) is 2. The van der Waals surface area contributed by atoms with E-state index in [2.05, 4.69) is 36.8 Å². The molecule has 100 valence electrons. The van der Waals surface area contributed by atoms with Crippen LogP contribution in [0.3, 0.4) is 0 Å². The van der Waals surface area contributed by atoms with Gasteiger partial charge in [0.15, 0.2) is 0 Å². The van der Waals surface area contributed by atoms with Crippen molar-refractivity contribution in [3.63, 3.8) is 0 Å². The summed E-state index contributed by atoms with van der Waals surface area (Å²) in [6.07, 6.45) is 1.07. The number of benzene rings is 2. The van der Waals surface area contributed by atoms with Gasteiger partial charge in [-0.3, -0.25) is 4.98 Å². The molecule has 0 aliphatic rings. The average Bonchev–Trinajstić information content (AvgIpc) is 2.46. The zero-order chi connectivity index (χ0) is 14.1. The maximum absolute atomic E-state index is 10.7. The van der Waals surface area contributed by atoms with Gasteiger partial charge in [0, 0.05) is 20.5 Å². The Morgan fingerprint density at radius 2 is 1.80 bits per heavy atom. The largest absolute Gasteiger partial charge is 0.384 e. The third kappa shape index (κ3) is 2.51. The van der Waals surface area contributed by atoms with Crippen molar-refractivity contribution in [2.45, 2.75) is 6.10 Å². The number of nitrogens with zero attached hydrogens (tertiary/aromatic N) is 1. The van der Waals surface area contributed by atoms with Crippen molar-refractivity contribution >= 4 is 42.8 Å². The Kier molecular flexibility index (Phi) is 3.87. The molecule has 1 heterocycles. The Morgan fingerprint density at radius 1 is 0.950 bits per heavy atom. The van der Waals surface area contributed by atoms with Gasteiger partial charge in [-0.1, -0.05) is 56.1 Å². The monoisotopic (exact) mass is 391 g/mol. The molecule has 1 atom stereocenters. The summed E-state index contributed by atoms with van der Waals surface area (Å²) in [7, 11) is 0. The maximum Gasteiger partial charge on any atom is 0.106 e. The molecular formula is C16H11Br2NO. The van der Waals surface area contributed by atoms with E-state index >= 15 is 0 Å². The van der Waals surface area contributed by atoms with Crippen molar-refractivity contribution < 1.29 is 5.11 Å². The Balaban J connectivity index is 2.15. The number of aliphatic hydroxyl groups is 1. The van der Waals surface area contributed by atoms with Crippen molar-refractivity contribution in [1.82, 2.24) is 4.98 Å². The number of fused-ring (bicyclic) bond motifs is 1. The molecule has 0 fully saturated rings. The van der Waals surface area contributed by atoms with Crippen molar-refractivity contribution in [1.29, 1.82) is 0 Å². The number of hydrogen-bond donors (Lipinski definition) is 1. The predicted molar refractivity (Wildman–Crippen MR) is 87.6 cm³/mol. The molecule has 2 nitrogen and oxygen atoms in total. The average molecular weight is 393 g/mol. The molecule has 4 heteroatoms. The van der Waals surface area contributed by atoms with Crippen LogP contribution in [0.15, 0.2) is 63.7 Å². The van der Waals surface area contributed by atoms with Crippen LogP contribution in [0.4, 0.5) is 0 Å². The van der Waals surface area contributed by atoms with Gasteiger partial charge in [-0.2, -0.15) is 0 Å². The van der Waals surface area contributed by atoms with E-state index in [1.165, 1.54) is 0 Å². The fourth-order valence-electron chi connectivity index (χ4n) is 2.26. The van der Waals surface area contributed by atoms with Crippen LogP contribution in [0.1, 0.15) is 17.2 Å². The first-order valence-corrected chi connectivity index (χ1v) is 7.72. The maximum atomic E-state index is 10.7. The van der Waals surface area contributed by atoms with Gasteiger partial charge in [0.1, 0.15) is 6.10 Å². The third-order valence-electron chi connectivity index (χ3n) is 3.23. The molecule has 0 aliphatic heterocycles. The lowest BCUT2D eigenvalue weighted by Gasteiger charge is -2.15. The Morgan fingerprint density at radius 3 is 2.60 bits per heavy atom. The van der Waals surface area contributed by atoms with Gasteiger partial charge in [-0.05, 0) is 35.4 Å². The summed E-state index contributed by atoms with van der Waals surface area (Å²) in [5.41, 5.74) is 2.58. The molecule has 0 bridgehead atoms. The topological polar surface area (TPSA) is 33.1 Å². The molecule has 0 radical (unpaired) electrons. The van der Waals surface area contributed by atoms with Gasteiger partial charge in [0.05, 0.1) is 5.52 Å². The van der Waals surface area contributed by atoms with Gasteiger partial charge < -0.3 is 5.11 Å². The summed E-state index contributed by atoms with van der Waals surface area (Å²) in [5, 5.41) is 11.7. The molecule has 1 aromatic heterocycles. The van der Waals surface area contributed by atoms with Crippen molar-refractivity contribution in [2.24, 2.45) is 0 Å². The summed E-state index contributed by atoms with van der Waals surface area (Å²) in [6.45, 7) is 0. The van der Waals surface area contributed by atoms with E-state index < -0.39 is 6.10 Å². The second-order valence-corrected chi connectivity index (χ2v) is 6.26. The van der Waals surface area contributed by atoms with Gasteiger partial charge >= 0.3 is 0 Å². The zero-order valence-electron chi connectivity index (χ0n) is 10.4. The number of pyridine rings is 1. The predicted octanol–water partition coefficient (Wildman–Crippen LogP) is 4.84. The molecule has 2 aromatic carbocycles. The lowest BCUT2D eigenvalue weighted by atomic mass is 9.98. The van der Waals surface area contributed by atoms with Gasteiger partial charge in [0.25, 0.3) is 0 Å². The Hall–Kier alpha value is -1.23. The fourth-order valence-corrected chi connectivity index (χ4v) is 3.52. The molecule has 3 rings (SSSR count). The van der Waals surface area contributed by atoms with Gasteiger partial charge in [-0.15, -0.1) is 0 Å². The number of halogens is 2. The molecule has 0 amide bonds. The van der Waals surface area contributed by atoms with Crippen molar-refractivity contribution in [3.8, 4) is 0 Å². The number of aromatic nitrogens is 1. The lowest BCUT2D eigenvalue weighted by molar-refractivity contribution is 0.221. The quantitative estimate of drug-likeness (QED) is 0.676. The molecule has 0 aliphatic carbocycles. The fraction of sp³-hybridized carbons (Fsp3) is 0.0625.